The first-order chi connectivity index (χ1) is 15.6. The maximum absolute atomic E-state index is 13.5. The molecule has 4 aliphatic carbocycles. The van der Waals surface area contributed by atoms with Gasteiger partial charge in [-0.1, -0.05) is 25.5 Å². The van der Waals surface area contributed by atoms with Crippen LogP contribution in [0, 0.1) is 28.6 Å². The number of ketones is 1. The van der Waals surface area contributed by atoms with Gasteiger partial charge in [-0.2, -0.15) is 0 Å². The molecule has 5 nitrogen and oxygen atoms in total. The second-order valence-electron chi connectivity index (χ2n) is 13.5. The summed E-state index contributed by atoms with van der Waals surface area (Å²) in [4.78, 5) is 25.8. The summed E-state index contributed by atoms with van der Waals surface area (Å²) in [6, 6.07) is 0. The van der Waals surface area contributed by atoms with Crippen LogP contribution in [0.5, 0.6) is 0 Å². The minimum atomic E-state index is -2.05. The van der Waals surface area contributed by atoms with Gasteiger partial charge in [-0.05, 0) is 101 Å². The van der Waals surface area contributed by atoms with E-state index in [0.717, 1.165) is 25.7 Å². The summed E-state index contributed by atoms with van der Waals surface area (Å²) < 4.78 is 19.3. The number of esters is 1. The van der Waals surface area contributed by atoms with E-state index in [2.05, 4.69) is 59.2 Å². The molecule has 3 saturated carbocycles. The molecule has 0 aromatic heterocycles. The molecule has 190 valence electrons. The first kappa shape index (κ1) is 26.0. The Bertz CT molecular complexity index is 928. The Morgan fingerprint density at radius 2 is 1.74 bits per heavy atom. The van der Waals surface area contributed by atoms with Gasteiger partial charge in [-0.15, -0.1) is 0 Å². The minimum absolute atomic E-state index is 0.0110. The largest absolute Gasteiger partial charge is 0.467 e. The highest BCUT2D eigenvalue weighted by molar-refractivity contribution is 6.70. The van der Waals surface area contributed by atoms with Gasteiger partial charge in [0.2, 0.25) is 0 Å². The Morgan fingerprint density at radius 3 is 2.32 bits per heavy atom. The summed E-state index contributed by atoms with van der Waals surface area (Å²) in [5.74, 6) is 0.955. The number of rotatable bonds is 5. The molecule has 4 aliphatic rings. The van der Waals surface area contributed by atoms with Crippen molar-refractivity contribution >= 4 is 28.4 Å². The third kappa shape index (κ3) is 4.04. The predicted molar refractivity (Wildman–Crippen MR) is 139 cm³/mol. The van der Waals surface area contributed by atoms with Gasteiger partial charge < -0.3 is 13.6 Å². The number of fused-ring (bicyclic) bond motifs is 5. The average molecular weight is 505 g/mol. The fraction of sp³-hybridized carbons (Fsp3) is 0.778. The van der Waals surface area contributed by atoms with Gasteiger partial charge in [0.25, 0.3) is 0 Å². The van der Waals surface area contributed by atoms with Crippen LogP contribution in [0.3, 0.4) is 0 Å². The summed E-state index contributed by atoms with van der Waals surface area (Å²) in [5.41, 5.74) is -0.196. The van der Waals surface area contributed by atoms with Gasteiger partial charge in [0.05, 0.1) is 7.11 Å². The lowest BCUT2D eigenvalue weighted by molar-refractivity contribution is -0.189. The topological polar surface area (TPSA) is 61.8 Å². The Labute approximate surface area is 207 Å². The van der Waals surface area contributed by atoms with Gasteiger partial charge >= 0.3 is 5.97 Å². The Balaban J connectivity index is 1.84. The molecule has 3 fully saturated rings. The summed E-state index contributed by atoms with van der Waals surface area (Å²) in [7, 11) is -2.44. The Hall–Kier alpha value is -1.03. The zero-order chi connectivity index (χ0) is 25.3. The fourth-order valence-corrected chi connectivity index (χ4v) is 10.7. The molecule has 0 aromatic rings. The second-order valence-corrected chi connectivity index (χ2v) is 22.4. The molecule has 7 heteroatoms. The normalized spacial score (nSPS) is 41.9. The summed E-state index contributed by atoms with van der Waals surface area (Å²) in [5, 5.41) is 0. The second kappa shape index (κ2) is 8.25. The number of methoxy groups -OCH3 is 1. The number of hydrogen-bond donors (Lipinski definition) is 0. The minimum Gasteiger partial charge on any atom is -0.467 e. The lowest BCUT2D eigenvalue weighted by Crippen LogP contribution is -2.65. The highest BCUT2D eigenvalue weighted by atomic mass is 28.4. The SMILES string of the molecule is COC(=O)[C@@]1(O[Si](C)(C)C)CC[C@H]2[C@@H]3CCC4=CC(=O)C=C[C@]4(C)[C@H]3[C@@H](O[Si](C)(C)C)C[C@@]21C. The molecular formula is C27H44O5Si2. The van der Waals surface area contributed by atoms with Crippen molar-refractivity contribution < 1.29 is 23.2 Å². The maximum atomic E-state index is 13.5. The van der Waals surface area contributed by atoms with Crippen molar-refractivity contribution in [2.75, 3.05) is 7.11 Å². The quantitative estimate of drug-likeness (QED) is 0.345. The van der Waals surface area contributed by atoms with E-state index in [9.17, 15) is 9.59 Å². The van der Waals surface area contributed by atoms with Crippen LogP contribution in [0.1, 0.15) is 46.0 Å². The molecule has 0 aliphatic heterocycles. The molecule has 34 heavy (non-hydrogen) atoms. The van der Waals surface area contributed by atoms with Crippen LogP contribution in [0.25, 0.3) is 0 Å². The molecule has 4 rings (SSSR count). The molecular weight excluding hydrogens is 460 g/mol. The molecule has 0 N–H and O–H groups in total. The lowest BCUT2D eigenvalue weighted by atomic mass is 9.46. The van der Waals surface area contributed by atoms with Crippen molar-refractivity contribution in [1.29, 1.82) is 0 Å². The van der Waals surface area contributed by atoms with E-state index in [1.54, 1.807) is 6.08 Å². The van der Waals surface area contributed by atoms with Gasteiger partial charge in [-0.3, -0.25) is 4.79 Å². The van der Waals surface area contributed by atoms with E-state index in [4.69, 9.17) is 13.6 Å². The van der Waals surface area contributed by atoms with Gasteiger partial charge in [0, 0.05) is 16.9 Å². The van der Waals surface area contributed by atoms with Crippen LogP contribution >= 0.6 is 0 Å². The van der Waals surface area contributed by atoms with Crippen molar-refractivity contribution in [2.24, 2.45) is 28.6 Å². The van der Waals surface area contributed by atoms with Crippen LogP contribution < -0.4 is 0 Å². The van der Waals surface area contributed by atoms with E-state index in [1.165, 1.54) is 12.7 Å². The third-order valence-corrected chi connectivity index (χ3v) is 11.1. The van der Waals surface area contributed by atoms with Crippen molar-refractivity contribution in [2.45, 2.75) is 96.9 Å². The van der Waals surface area contributed by atoms with Gasteiger partial charge in [0.15, 0.2) is 28.0 Å². The van der Waals surface area contributed by atoms with Gasteiger partial charge in [0.1, 0.15) is 0 Å². The first-order valence-corrected chi connectivity index (χ1v) is 19.8. The summed E-state index contributed by atoms with van der Waals surface area (Å²) >= 11 is 0. The van der Waals surface area contributed by atoms with Crippen LogP contribution in [0.4, 0.5) is 0 Å². The zero-order valence-electron chi connectivity index (χ0n) is 22.6. The first-order valence-electron chi connectivity index (χ1n) is 13.0. The van der Waals surface area contributed by atoms with Crippen molar-refractivity contribution in [3.63, 3.8) is 0 Å². The van der Waals surface area contributed by atoms with Crippen LogP contribution in [-0.4, -0.2) is 47.2 Å². The average Bonchev–Trinajstić information content (AvgIpc) is 2.97. The van der Waals surface area contributed by atoms with Crippen LogP contribution in [0.2, 0.25) is 39.3 Å². The molecule has 0 saturated heterocycles. The van der Waals surface area contributed by atoms with Gasteiger partial charge in [-0.25, -0.2) is 4.79 Å². The van der Waals surface area contributed by atoms with Crippen molar-refractivity contribution in [3.8, 4) is 0 Å². The summed E-state index contributed by atoms with van der Waals surface area (Å²) in [6.45, 7) is 17.8. The van der Waals surface area contributed by atoms with E-state index in [0.29, 0.717) is 24.2 Å². The molecule has 7 atom stereocenters. The van der Waals surface area contributed by atoms with E-state index in [1.807, 2.05) is 6.08 Å². The maximum Gasteiger partial charge on any atom is 0.337 e. The van der Waals surface area contributed by atoms with Crippen LogP contribution in [0.15, 0.2) is 23.8 Å². The molecule has 0 heterocycles. The van der Waals surface area contributed by atoms with Crippen molar-refractivity contribution in [3.05, 3.63) is 23.8 Å². The lowest BCUT2D eigenvalue weighted by Gasteiger charge is -2.61. The smallest absolute Gasteiger partial charge is 0.337 e. The van der Waals surface area contributed by atoms with Crippen molar-refractivity contribution in [1.82, 2.24) is 0 Å². The Kier molecular flexibility index (Phi) is 6.32. The number of allylic oxidation sites excluding steroid dienone is 4. The number of carbonyl (C=O) groups excluding carboxylic acids is 2. The standard InChI is InChI=1S/C27H44O5Si2/c1-25-14-12-19(28)16-18(25)10-11-20-21-13-15-27(24(29)30-3,32-34(7,8)9)26(21,2)17-22(23(20)25)31-33(4,5)6/h12,14,16,20-23H,10-11,13,15,17H2,1-9H3/t20-,21-,22-,23+,25-,26-,27-/m0/s1. The number of ether oxygens (including phenoxy) is 1. The zero-order valence-corrected chi connectivity index (χ0v) is 24.6. The molecule has 0 amide bonds. The molecule has 0 radical (unpaired) electrons. The molecule has 0 unspecified atom stereocenters. The molecule has 0 spiro atoms. The van der Waals surface area contributed by atoms with Crippen LogP contribution in [-0.2, 0) is 23.2 Å². The molecule has 0 bridgehead atoms. The number of hydrogen-bond acceptors (Lipinski definition) is 5. The Morgan fingerprint density at radius 1 is 1.06 bits per heavy atom. The highest BCUT2D eigenvalue weighted by Gasteiger charge is 2.71. The van der Waals surface area contributed by atoms with E-state index < -0.39 is 22.2 Å². The molecule has 0 aromatic carbocycles. The van der Waals surface area contributed by atoms with E-state index in [-0.39, 0.29) is 28.7 Å². The predicted octanol–water partition coefficient (Wildman–Crippen LogP) is 5.89. The van der Waals surface area contributed by atoms with E-state index >= 15 is 0 Å². The highest BCUT2D eigenvalue weighted by Crippen LogP contribution is 2.68. The summed E-state index contributed by atoms with van der Waals surface area (Å²) in [6.07, 6.45) is 10.2. The fourth-order valence-electron chi connectivity index (χ4n) is 8.08. The monoisotopic (exact) mass is 504 g/mol. The number of carbonyl (C=O) groups is 2. The third-order valence-electron chi connectivity index (χ3n) is 9.09.